The molecule has 0 saturated heterocycles. The van der Waals surface area contributed by atoms with Crippen molar-refractivity contribution < 1.29 is 8.42 Å². The summed E-state index contributed by atoms with van der Waals surface area (Å²) in [6.45, 7) is 1.95. The summed E-state index contributed by atoms with van der Waals surface area (Å²) in [7, 11) is 0.614. The molecule has 0 bridgehead atoms. The molecule has 0 spiro atoms. The highest BCUT2D eigenvalue weighted by atomic mass is 32.2. The molecule has 112 valence electrons. The molecule has 4 nitrogen and oxygen atoms in total. The highest BCUT2D eigenvalue weighted by Gasteiger charge is 2.30. The van der Waals surface area contributed by atoms with E-state index in [-0.39, 0.29) is 12.1 Å². The number of nitrogens with zero attached hydrogens (tertiary/aromatic N) is 1. The maximum absolute atomic E-state index is 12.5. The van der Waals surface area contributed by atoms with Crippen LogP contribution in [0.1, 0.15) is 31.2 Å². The average Bonchev–Trinajstić information content (AvgIpc) is 2.39. The minimum absolute atomic E-state index is 0.00468. The van der Waals surface area contributed by atoms with Crippen molar-refractivity contribution in [2.24, 2.45) is 0 Å². The molecular formula is C15H24N2O2S. The smallest absolute Gasteiger partial charge is 0.240 e. The number of hydrogen-bond acceptors (Lipinski definition) is 3. The molecule has 2 unspecified atom stereocenters. The van der Waals surface area contributed by atoms with E-state index in [2.05, 4.69) is 9.62 Å². The second-order valence-corrected chi connectivity index (χ2v) is 7.57. The zero-order valence-electron chi connectivity index (χ0n) is 12.5. The van der Waals surface area contributed by atoms with E-state index in [1.54, 1.807) is 12.1 Å². The summed E-state index contributed by atoms with van der Waals surface area (Å²) in [6, 6.07) is 7.29. The topological polar surface area (TPSA) is 49.4 Å². The summed E-state index contributed by atoms with van der Waals surface area (Å²) in [6.07, 6.45) is 4.22. The van der Waals surface area contributed by atoms with E-state index in [4.69, 9.17) is 0 Å². The Labute approximate surface area is 122 Å². The molecule has 2 atom stereocenters. The summed E-state index contributed by atoms with van der Waals surface area (Å²) in [4.78, 5) is 2.48. The number of sulfonamides is 1. The van der Waals surface area contributed by atoms with E-state index in [9.17, 15) is 8.42 Å². The SMILES string of the molecule is Cc1ccc(S(=O)(=O)NC2CCCCC2N(C)C)cc1. The monoisotopic (exact) mass is 296 g/mol. The molecule has 0 radical (unpaired) electrons. The van der Waals surface area contributed by atoms with Crippen LogP contribution >= 0.6 is 0 Å². The number of aryl methyl sites for hydroxylation is 1. The van der Waals surface area contributed by atoms with Crippen LogP contribution in [0.25, 0.3) is 0 Å². The van der Waals surface area contributed by atoms with Gasteiger partial charge < -0.3 is 4.90 Å². The summed E-state index contributed by atoms with van der Waals surface area (Å²) in [5.41, 5.74) is 1.06. The number of nitrogens with one attached hydrogen (secondary N) is 1. The fourth-order valence-corrected chi connectivity index (χ4v) is 4.16. The largest absolute Gasteiger partial charge is 0.305 e. The van der Waals surface area contributed by atoms with E-state index in [0.29, 0.717) is 4.90 Å². The molecule has 1 aromatic carbocycles. The van der Waals surface area contributed by atoms with Gasteiger partial charge in [-0.1, -0.05) is 30.5 Å². The van der Waals surface area contributed by atoms with Gasteiger partial charge in [0.1, 0.15) is 0 Å². The lowest BCUT2D eigenvalue weighted by Crippen LogP contribution is -2.50. The lowest BCUT2D eigenvalue weighted by Gasteiger charge is -2.36. The van der Waals surface area contributed by atoms with Gasteiger partial charge in [0.25, 0.3) is 0 Å². The van der Waals surface area contributed by atoms with E-state index in [1.165, 1.54) is 6.42 Å². The van der Waals surface area contributed by atoms with Crippen LogP contribution in [0, 0.1) is 6.92 Å². The highest BCUT2D eigenvalue weighted by molar-refractivity contribution is 7.89. The van der Waals surface area contributed by atoms with Crippen LogP contribution in [0.15, 0.2) is 29.2 Å². The fraction of sp³-hybridized carbons (Fsp3) is 0.600. The molecule has 0 aromatic heterocycles. The van der Waals surface area contributed by atoms with Crippen molar-refractivity contribution in [1.29, 1.82) is 0 Å². The molecule has 1 saturated carbocycles. The lowest BCUT2D eigenvalue weighted by atomic mass is 9.90. The number of benzene rings is 1. The summed E-state index contributed by atoms with van der Waals surface area (Å²) >= 11 is 0. The van der Waals surface area contributed by atoms with E-state index in [1.807, 2.05) is 33.2 Å². The zero-order chi connectivity index (χ0) is 14.8. The number of hydrogen-bond donors (Lipinski definition) is 1. The standard InChI is InChI=1S/C15H24N2O2S/c1-12-8-10-13(11-9-12)20(18,19)16-14-6-4-5-7-15(14)17(2)3/h8-11,14-16H,4-7H2,1-3H3. The van der Waals surface area contributed by atoms with Crippen LogP contribution in [0.4, 0.5) is 0 Å². The van der Waals surface area contributed by atoms with Crippen LogP contribution in [-0.2, 0) is 10.0 Å². The molecule has 1 fully saturated rings. The molecule has 0 amide bonds. The summed E-state index contributed by atoms with van der Waals surface area (Å²) in [5, 5.41) is 0. The molecule has 1 aliphatic rings. The predicted octanol–water partition coefficient (Wildman–Crippen LogP) is 2.15. The Morgan fingerprint density at radius 3 is 2.30 bits per heavy atom. The van der Waals surface area contributed by atoms with Crippen LogP contribution in [0.3, 0.4) is 0 Å². The molecule has 2 rings (SSSR count). The molecule has 0 heterocycles. The molecule has 20 heavy (non-hydrogen) atoms. The Morgan fingerprint density at radius 2 is 1.70 bits per heavy atom. The molecule has 5 heteroatoms. The zero-order valence-corrected chi connectivity index (χ0v) is 13.3. The third kappa shape index (κ3) is 3.59. The predicted molar refractivity (Wildman–Crippen MR) is 81.2 cm³/mol. The number of rotatable bonds is 4. The van der Waals surface area contributed by atoms with Crippen LogP contribution in [0.2, 0.25) is 0 Å². The minimum Gasteiger partial charge on any atom is -0.305 e. The first kappa shape index (κ1) is 15.5. The van der Waals surface area contributed by atoms with Gasteiger partial charge >= 0.3 is 0 Å². The van der Waals surface area contributed by atoms with Gasteiger partial charge in [-0.2, -0.15) is 0 Å². The van der Waals surface area contributed by atoms with Gasteiger partial charge in [0, 0.05) is 12.1 Å². The van der Waals surface area contributed by atoms with Crippen molar-refractivity contribution in [3.8, 4) is 0 Å². The van der Waals surface area contributed by atoms with Crippen LogP contribution in [0.5, 0.6) is 0 Å². The molecule has 1 aromatic rings. The quantitative estimate of drug-likeness (QED) is 0.926. The molecular weight excluding hydrogens is 272 g/mol. The Kier molecular flexibility index (Phi) is 4.83. The van der Waals surface area contributed by atoms with Gasteiger partial charge in [-0.25, -0.2) is 13.1 Å². The average molecular weight is 296 g/mol. The van der Waals surface area contributed by atoms with Gasteiger partial charge in [-0.3, -0.25) is 0 Å². The molecule has 1 aliphatic carbocycles. The van der Waals surface area contributed by atoms with Crippen molar-refractivity contribution in [3.63, 3.8) is 0 Å². The maximum atomic E-state index is 12.5. The van der Waals surface area contributed by atoms with Crippen molar-refractivity contribution in [1.82, 2.24) is 9.62 Å². The Balaban J connectivity index is 2.16. The summed E-state index contributed by atoms with van der Waals surface area (Å²) in [5.74, 6) is 0. The van der Waals surface area contributed by atoms with Gasteiger partial charge in [0.15, 0.2) is 0 Å². The maximum Gasteiger partial charge on any atom is 0.240 e. The van der Waals surface area contributed by atoms with Crippen molar-refractivity contribution >= 4 is 10.0 Å². The van der Waals surface area contributed by atoms with E-state index < -0.39 is 10.0 Å². The second-order valence-electron chi connectivity index (χ2n) is 5.86. The van der Waals surface area contributed by atoms with E-state index >= 15 is 0 Å². The fourth-order valence-electron chi connectivity index (χ4n) is 2.85. The first-order valence-corrected chi connectivity index (χ1v) is 8.64. The van der Waals surface area contributed by atoms with Gasteiger partial charge in [0.05, 0.1) is 4.90 Å². The normalized spacial score (nSPS) is 24.0. The van der Waals surface area contributed by atoms with Gasteiger partial charge in [0.2, 0.25) is 10.0 Å². The third-order valence-electron chi connectivity index (χ3n) is 4.03. The molecule has 0 aliphatic heterocycles. The number of likely N-dealkylation sites (N-methyl/N-ethyl adjacent to an activating group) is 1. The highest BCUT2D eigenvalue weighted by Crippen LogP contribution is 2.23. The first-order valence-electron chi connectivity index (χ1n) is 7.15. The Morgan fingerprint density at radius 1 is 1.10 bits per heavy atom. The Bertz CT molecular complexity index is 537. The first-order chi connectivity index (χ1) is 9.40. The summed E-state index contributed by atoms with van der Waals surface area (Å²) < 4.78 is 27.8. The van der Waals surface area contributed by atoms with Crippen molar-refractivity contribution in [3.05, 3.63) is 29.8 Å². The van der Waals surface area contributed by atoms with Crippen molar-refractivity contribution in [2.45, 2.75) is 49.6 Å². The Hall–Kier alpha value is -0.910. The minimum atomic E-state index is -3.42. The lowest BCUT2D eigenvalue weighted by molar-refractivity contribution is 0.191. The van der Waals surface area contributed by atoms with Gasteiger partial charge in [-0.05, 0) is 46.0 Å². The second kappa shape index (κ2) is 6.24. The third-order valence-corrected chi connectivity index (χ3v) is 5.54. The van der Waals surface area contributed by atoms with Crippen molar-refractivity contribution in [2.75, 3.05) is 14.1 Å². The van der Waals surface area contributed by atoms with Crippen LogP contribution in [-0.4, -0.2) is 39.5 Å². The van der Waals surface area contributed by atoms with E-state index in [0.717, 1.165) is 24.8 Å². The molecule has 1 N–H and O–H groups in total. The van der Waals surface area contributed by atoms with Gasteiger partial charge in [-0.15, -0.1) is 0 Å². The van der Waals surface area contributed by atoms with Crippen LogP contribution < -0.4 is 4.72 Å².